The van der Waals surface area contributed by atoms with Crippen LogP contribution in [0.5, 0.6) is 0 Å². The first-order chi connectivity index (χ1) is 16.0. The Hall–Kier alpha value is -2.76. The number of nitrogens with zero attached hydrogens (tertiary/aromatic N) is 4. The Morgan fingerprint density at radius 1 is 0.970 bits per heavy atom. The summed E-state index contributed by atoms with van der Waals surface area (Å²) in [6.45, 7) is 6.06. The van der Waals surface area contributed by atoms with Gasteiger partial charge in [-0.1, -0.05) is 51.3 Å². The first-order valence-electron chi connectivity index (χ1n) is 12.5. The zero-order valence-electron chi connectivity index (χ0n) is 20.0. The summed E-state index contributed by atoms with van der Waals surface area (Å²) in [7, 11) is 0. The molecule has 6 heteroatoms. The van der Waals surface area contributed by atoms with Gasteiger partial charge in [0.1, 0.15) is 5.82 Å². The number of fused-ring (bicyclic) bond motifs is 1. The molecule has 0 bridgehead atoms. The monoisotopic (exact) mass is 448 g/mol. The minimum absolute atomic E-state index is 0.0377. The fourth-order valence-electron chi connectivity index (χ4n) is 4.49. The van der Waals surface area contributed by atoms with Crippen LogP contribution in [0.3, 0.4) is 0 Å². The van der Waals surface area contributed by atoms with Crippen molar-refractivity contribution in [1.29, 1.82) is 0 Å². The molecule has 6 nitrogen and oxygen atoms in total. The van der Waals surface area contributed by atoms with E-state index >= 15 is 0 Å². The Morgan fingerprint density at radius 2 is 1.64 bits per heavy atom. The first kappa shape index (κ1) is 23.4. The van der Waals surface area contributed by atoms with E-state index in [9.17, 15) is 9.59 Å². The van der Waals surface area contributed by atoms with Crippen molar-refractivity contribution in [3.8, 4) is 0 Å². The number of hydrogen-bond acceptors (Lipinski definition) is 4. The van der Waals surface area contributed by atoms with Crippen LogP contribution in [-0.4, -0.2) is 39.8 Å². The molecule has 2 amide bonds. The minimum Gasteiger partial charge on any atom is -0.334 e. The molecule has 1 saturated carbocycles. The number of carbonyl (C=O) groups excluding carboxylic acids is 2. The van der Waals surface area contributed by atoms with Gasteiger partial charge in [0.15, 0.2) is 0 Å². The van der Waals surface area contributed by atoms with Crippen molar-refractivity contribution < 1.29 is 9.59 Å². The maximum Gasteiger partial charge on any atom is 0.257 e. The summed E-state index contributed by atoms with van der Waals surface area (Å²) in [4.78, 5) is 39.4. The van der Waals surface area contributed by atoms with Gasteiger partial charge in [0.25, 0.3) is 5.91 Å². The molecule has 1 aliphatic heterocycles. The molecule has 4 rings (SSSR count). The van der Waals surface area contributed by atoms with Gasteiger partial charge in [-0.15, -0.1) is 0 Å². The Labute approximate surface area is 197 Å². The lowest BCUT2D eigenvalue weighted by Crippen LogP contribution is -2.36. The molecule has 0 unspecified atom stereocenters. The van der Waals surface area contributed by atoms with E-state index in [0.29, 0.717) is 36.9 Å². The molecule has 2 aromatic rings. The summed E-state index contributed by atoms with van der Waals surface area (Å²) in [5.74, 6) is 1.75. The van der Waals surface area contributed by atoms with E-state index in [1.165, 1.54) is 0 Å². The van der Waals surface area contributed by atoms with Gasteiger partial charge in [-0.25, -0.2) is 9.97 Å². The van der Waals surface area contributed by atoms with E-state index in [-0.39, 0.29) is 11.8 Å². The second-order valence-corrected chi connectivity index (χ2v) is 9.87. The molecular formula is C27H36N4O2. The van der Waals surface area contributed by atoms with Crippen molar-refractivity contribution in [2.45, 2.75) is 77.7 Å². The van der Waals surface area contributed by atoms with Gasteiger partial charge < -0.3 is 9.80 Å². The third kappa shape index (κ3) is 6.18. The number of rotatable bonds is 4. The molecule has 1 aromatic carbocycles. The lowest BCUT2D eigenvalue weighted by molar-refractivity contribution is -0.119. The number of benzene rings is 1. The van der Waals surface area contributed by atoms with Crippen LogP contribution in [-0.2, 0) is 11.3 Å². The van der Waals surface area contributed by atoms with Crippen LogP contribution in [0.4, 0.5) is 5.69 Å². The van der Waals surface area contributed by atoms with Crippen molar-refractivity contribution in [2.75, 3.05) is 18.0 Å². The zero-order valence-corrected chi connectivity index (χ0v) is 20.0. The second-order valence-electron chi connectivity index (χ2n) is 9.87. The quantitative estimate of drug-likeness (QED) is 0.633. The van der Waals surface area contributed by atoms with Crippen molar-refractivity contribution in [2.24, 2.45) is 5.92 Å². The van der Waals surface area contributed by atoms with Crippen molar-refractivity contribution >= 4 is 17.5 Å². The van der Waals surface area contributed by atoms with Gasteiger partial charge in [0.2, 0.25) is 5.91 Å². The van der Waals surface area contributed by atoms with E-state index in [1.807, 2.05) is 34.1 Å². The zero-order chi connectivity index (χ0) is 23.2. The number of aromatic nitrogens is 2. The van der Waals surface area contributed by atoms with E-state index in [0.717, 1.165) is 68.6 Å². The number of hydrogen-bond donors (Lipinski definition) is 0. The van der Waals surface area contributed by atoms with E-state index in [2.05, 4.69) is 23.8 Å². The molecule has 0 N–H and O–H groups in total. The molecule has 2 aliphatic rings. The van der Waals surface area contributed by atoms with Crippen LogP contribution in [0.15, 0.2) is 36.7 Å². The van der Waals surface area contributed by atoms with Crippen LogP contribution < -0.4 is 4.90 Å². The summed E-state index contributed by atoms with van der Waals surface area (Å²) in [6.07, 6.45) is 11.5. The van der Waals surface area contributed by atoms with E-state index in [4.69, 9.17) is 0 Å². The van der Waals surface area contributed by atoms with E-state index < -0.39 is 0 Å². The predicted molar refractivity (Wildman–Crippen MR) is 130 cm³/mol. The summed E-state index contributed by atoms with van der Waals surface area (Å²) in [6, 6.07) is 8.04. The van der Waals surface area contributed by atoms with Gasteiger partial charge in [0.05, 0.1) is 5.56 Å². The van der Waals surface area contributed by atoms with Crippen molar-refractivity contribution in [3.05, 3.63) is 53.6 Å². The molecule has 0 atom stereocenters. The van der Waals surface area contributed by atoms with Gasteiger partial charge in [-0.3, -0.25) is 9.59 Å². The number of para-hydroxylation sites is 1. The highest BCUT2D eigenvalue weighted by molar-refractivity contribution is 5.95. The van der Waals surface area contributed by atoms with Crippen molar-refractivity contribution in [3.63, 3.8) is 0 Å². The SMILES string of the molecule is CC(C)CC(=O)N1CCCCCCCN(C(=O)c2cnc(C3CC3)nc2)Cc2ccccc21. The lowest BCUT2D eigenvalue weighted by Gasteiger charge is -2.30. The van der Waals surface area contributed by atoms with Crippen LogP contribution in [0.1, 0.15) is 92.9 Å². The molecule has 0 spiro atoms. The normalized spacial score (nSPS) is 17.8. The third-order valence-electron chi connectivity index (χ3n) is 6.49. The standard InChI is InChI=1S/C27H36N4O2/c1-20(2)16-25(32)31-15-9-5-3-4-8-14-30(19-22-10-6-7-11-24(22)31)27(33)23-17-28-26(29-18-23)21-12-13-21/h6-7,10-11,17-18,20-21H,3-5,8-9,12-16,19H2,1-2H3. The third-order valence-corrected chi connectivity index (χ3v) is 6.49. The number of carbonyl (C=O) groups is 2. The van der Waals surface area contributed by atoms with Crippen molar-refractivity contribution in [1.82, 2.24) is 14.9 Å². The molecule has 1 aliphatic carbocycles. The summed E-state index contributed by atoms with van der Waals surface area (Å²) in [5, 5.41) is 0. The Kier molecular flexibility index (Phi) is 7.73. The highest BCUT2D eigenvalue weighted by atomic mass is 16.2. The second kappa shape index (κ2) is 10.9. The number of anilines is 1. The van der Waals surface area contributed by atoms with Gasteiger partial charge >= 0.3 is 0 Å². The predicted octanol–water partition coefficient (Wildman–Crippen LogP) is 5.34. The van der Waals surface area contributed by atoms with Gasteiger partial charge in [-0.2, -0.15) is 0 Å². The van der Waals surface area contributed by atoms with Crippen LogP contribution in [0.2, 0.25) is 0 Å². The first-order valence-corrected chi connectivity index (χ1v) is 12.5. The Morgan fingerprint density at radius 3 is 2.33 bits per heavy atom. The molecule has 33 heavy (non-hydrogen) atoms. The topological polar surface area (TPSA) is 66.4 Å². The molecule has 1 aromatic heterocycles. The van der Waals surface area contributed by atoms with Crippen LogP contribution in [0, 0.1) is 5.92 Å². The summed E-state index contributed by atoms with van der Waals surface area (Å²) < 4.78 is 0. The average molecular weight is 449 g/mol. The maximum atomic E-state index is 13.4. The molecule has 0 radical (unpaired) electrons. The largest absolute Gasteiger partial charge is 0.334 e. The molecule has 0 saturated heterocycles. The summed E-state index contributed by atoms with van der Waals surface area (Å²) in [5.41, 5.74) is 2.48. The fraction of sp³-hybridized carbons (Fsp3) is 0.556. The van der Waals surface area contributed by atoms with Crippen LogP contribution in [0.25, 0.3) is 0 Å². The number of amides is 2. The Bertz CT molecular complexity index is 953. The van der Waals surface area contributed by atoms with Gasteiger partial charge in [0, 0.05) is 50.1 Å². The molecular weight excluding hydrogens is 412 g/mol. The van der Waals surface area contributed by atoms with Crippen LogP contribution >= 0.6 is 0 Å². The summed E-state index contributed by atoms with van der Waals surface area (Å²) >= 11 is 0. The Balaban J connectivity index is 1.60. The lowest BCUT2D eigenvalue weighted by atomic mass is 10.0. The smallest absolute Gasteiger partial charge is 0.257 e. The van der Waals surface area contributed by atoms with E-state index in [1.54, 1.807) is 12.4 Å². The molecule has 1 fully saturated rings. The van der Waals surface area contributed by atoms with Gasteiger partial charge in [-0.05, 0) is 43.2 Å². The fourth-order valence-corrected chi connectivity index (χ4v) is 4.49. The maximum absolute atomic E-state index is 13.4. The molecule has 176 valence electrons. The average Bonchev–Trinajstić information content (AvgIpc) is 3.64. The minimum atomic E-state index is -0.0377. The highest BCUT2D eigenvalue weighted by Crippen LogP contribution is 2.37. The highest BCUT2D eigenvalue weighted by Gasteiger charge is 2.27. The molecule has 2 heterocycles.